The molecule has 29 heavy (non-hydrogen) atoms. The van der Waals surface area contributed by atoms with Crippen LogP contribution in [-0.4, -0.2) is 38.6 Å². The Kier molecular flexibility index (Phi) is 5.58. The van der Waals surface area contributed by atoms with Crippen molar-refractivity contribution in [1.29, 1.82) is 0 Å². The molecule has 5 heteroatoms. The molecule has 0 aliphatic heterocycles. The molecule has 5 nitrogen and oxygen atoms in total. The van der Waals surface area contributed by atoms with Crippen molar-refractivity contribution < 1.29 is 13.9 Å². The molecule has 1 atom stereocenters. The summed E-state index contributed by atoms with van der Waals surface area (Å²) in [5.41, 5.74) is 5.67. The minimum Gasteiger partial charge on any atom is -0.496 e. The third-order valence-corrected chi connectivity index (χ3v) is 5.83. The van der Waals surface area contributed by atoms with Gasteiger partial charge in [0.1, 0.15) is 11.3 Å². The fraction of sp³-hybridized carbons (Fsp3) is 0.375. The van der Waals surface area contributed by atoms with Gasteiger partial charge < -0.3 is 19.4 Å². The molecule has 1 heterocycles. The second-order valence-electron chi connectivity index (χ2n) is 7.93. The van der Waals surface area contributed by atoms with E-state index >= 15 is 0 Å². The molecule has 0 bridgehead atoms. The lowest BCUT2D eigenvalue weighted by molar-refractivity contribution is -0.120. The number of aryl methyl sites for hydroxylation is 2. The van der Waals surface area contributed by atoms with E-state index in [2.05, 4.69) is 22.3 Å². The first-order valence-electron chi connectivity index (χ1n) is 10.1. The van der Waals surface area contributed by atoms with Crippen LogP contribution >= 0.6 is 0 Å². The van der Waals surface area contributed by atoms with Gasteiger partial charge in [0.15, 0.2) is 0 Å². The van der Waals surface area contributed by atoms with Gasteiger partial charge in [0.25, 0.3) is 0 Å². The highest BCUT2D eigenvalue weighted by Crippen LogP contribution is 2.31. The first-order chi connectivity index (χ1) is 14.1. The van der Waals surface area contributed by atoms with Gasteiger partial charge in [0.05, 0.1) is 25.8 Å². The van der Waals surface area contributed by atoms with Gasteiger partial charge in [-0.25, -0.2) is 0 Å². The predicted octanol–water partition coefficient (Wildman–Crippen LogP) is 3.89. The van der Waals surface area contributed by atoms with Crippen molar-refractivity contribution in [3.8, 4) is 5.75 Å². The first-order valence-corrected chi connectivity index (χ1v) is 10.1. The number of ether oxygens (including phenoxy) is 1. The maximum Gasteiger partial charge on any atom is 0.224 e. The molecule has 3 aromatic rings. The van der Waals surface area contributed by atoms with E-state index in [1.165, 1.54) is 17.5 Å². The lowest BCUT2D eigenvalue weighted by Crippen LogP contribution is -2.35. The van der Waals surface area contributed by atoms with E-state index in [0.29, 0.717) is 13.0 Å². The molecule has 0 fully saturated rings. The van der Waals surface area contributed by atoms with Crippen molar-refractivity contribution in [1.82, 2.24) is 10.2 Å². The minimum atomic E-state index is -0.00468. The molecule has 4 rings (SSSR count). The summed E-state index contributed by atoms with van der Waals surface area (Å²) < 4.78 is 11.2. The zero-order valence-corrected chi connectivity index (χ0v) is 17.3. The molecule has 0 spiro atoms. The van der Waals surface area contributed by atoms with Crippen LogP contribution in [0.25, 0.3) is 11.0 Å². The Morgan fingerprint density at radius 3 is 2.72 bits per heavy atom. The van der Waals surface area contributed by atoms with E-state index in [9.17, 15) is 4.79 Å². The number of likely N-dealkylation sites (N-methyl/N-ethyl adjacent to an activating group) is 1. The van der Waals surface area contributed by atoms with Crippen molar-refractivity contribution in [2.45, 2.75) is 31.7 Å². The van der Waals surface area contributed by atoms with Gasteiger partial charge in [-0.15, -0.1) is 0 Å². The fourth-order valence-corrected chi connectivity index (χ4v) is 4.24. The third-order valence-electron chi connectivity index (χ3n) is 5.83. The smallest absolute Gasteiger partial charge is 0.224 e. The molecule has 0 saturated heterocycles. The van der Waals surface area contributed by atoms with Crippen LogP contribution in [0.5, 0.6) is 5.75 Å². The minimum absolute atomic E-state index is 0.00468. The van der Waals surface area contributed by atoms with Gasteiger partial charge in [0, 0.05) is 23.1 Å². The number of fused-ring (bicyclic) bond motifs is 2. The molecule has 1 amide bonds. The number of hydrogen-bond donors (Lipinski definition) is 1. The standard InChI is InChI=1S/C24H28N2O3/c1-26(2)21(19-9-4-5-10-22(19)28-3)14-25-24(27)13-18-15-29-23-12-17-8-6-7-16(17)11-20(18)23/h4-5,9-12,15,21H,6-8,13-14H2,1-3H3,(H,25,27). The molecule has 0 radical (unpaired) electrons. The maximum absolute atomic E-state index is 12.7. The Bertz CT molecular complexity index is 1020. The van der Waals surface area contributed by atoms with E-state index in [4.69, 9.17) is 9.15 Å². The topological polar surface area (TPSA) is 54.7 Å². The molecule has 1 N–H and O–H groups in total. The Balaban J connectivity index is 1.46. The van der Waals surface area contributed by atoms with Gasteiger partial charge in [-0.3, -0.25) is 4.79 Å². The van der Waals surface area contributed by atoms with Gasteiger partial charge >= 0.3 is 0 Å². The molecular formula is C24H28N2O3. The summed E-state index contributed by atoms with van der Waals surface area (Å²) in [6.45, 7) is 0.511. The van der Waals surface area contributed by atoms with E-state index in [1.54, 1.807) is 13.4 Å². The molecule has 1 unspecified atom stereocenters. The SMILES string of the molecule is COc1ccccc1C(CNC(=O)Cc1coc2cc3c(cc12)CCC3)N(C)C. The monoisotopic (exact) mass is 392 g/mol. The average molecular weight is 392 g/mol. The van der Waals surface area contributed by atoms with Crippen LogP contribution in [0.15, 0.2) is 47.1 Å². The van der Waals surface area contributed by atoms with Crippen molar-refractivity contribution in [2.24, 2.45) is 0 Å². The molecule has 0 saturated carbocycles. The number of rotatable bonds is 7. The highest BCUT2D eigenvalue weighted by molar-refractivity contribution is 5.88. The zero-order chi connectivity index (χ0) is 20.4. The van der Waals surface area contributed by atoms with Gasteiger partial charge in [-0.2, -0.15) is 0 Å². The quantitative estimate of drug-likeness (QED) is 0.663. The molecular weight excluding hydrogens is 364 g/mol. The summed E-state index contributed by atoms with van der Waals surface area (Å²) in [5, 5.41) is 4.16. The lowest BCUT2D eigenvalue weighted by atomic mass is 10.0. The van der Waals surface area contributed by atoms with Crippen molar-refractivity contribution in [2.75, 3.05) is 27.7 Å². The van der Waals surface area contributed by atoms with Crippen LogP contribution < -0.4 is 10.1 Å². The van der Waals surface area contributed by atoms with Crippen LogP contribution in [0.2, 0.25) is 0 Å². The fourth-order valence-electron chi connectivity index (χ4n) is 4.24. The number of nitrogens with one attached hydrogen (secondary N) is 1. The number of para-hydroxylation sites is 1. The number of methoxy groups -OCH3 is 1. The van der Waals surface area contributed by atoms with Crippen LogP contribution in [0.1, 0.15) is 34.7 Å². The molecule has 152 valence electrons. The first kappa shape index (κ1) is 19.5. The normalized spacial score (nSPS) is 14.2. The summed E-state index contributed by atoms with van der Waals surface area (Å²) in [6, 6.07) is 12.3. The number of benzene rings is 2. The number of carbonyl (C=O) groups is 1. The molecule has 1 aliphatic carbocycles. The average Bonchev–Trinajstić information content (AvgIpc) is 3.33. The van der Waals surface area contributed by atoms with Crippen LogP contribution in [-0.2, 0) is 24.1 Å². The van der Waals surface area contributed by atoms with Gasteiger partial charge in [0.2, 0.25) is 5.91 Å². The van der Waals surface area contributed by atoms with E-state index in [0.717, 1.165) is 40.7 Å². The molecule has 2 aromatic carbocycles. The number of nitrogens with zero attached hydrogens (tertiary/aromatic N) is 1. The molecule has 1 aliphatic rings. The lowest BCUT2D eigenvalue weighted by Gasteiger charge is -2.26. The Hall–Kier alpha value is -2.79. The van der Waals surface area contributed by atoms with E-state index in [-0.39, 0.29) is 11.9 Å². The van der Waals surface area contributed by atoms with Gasteiger partial charge in [-0.05, 0) is 62.7 Å². The zero-order valence-electron chi connectivity index (χ0n) is 17.3. The molecule has 1 aromatic heterocycles. The number of amides is 1. The summed E-state index contributed by atoms with van der Waals surface area (Å²) in [6.07, 6.45) is 5.48. The van der Waals surface area contributed by atoms with Crippen LogP contribution in [0, 0.1) is 0 Å². The highest BCUT2D eigenvalue weighted by atomic mass is 16.5. The maximum atomic E-state index is 12.7. The summed E-state index contributed by atoms with van der Waals surface area (Å²) in [4.78, 5) is 14.8. The third kappa shape index (κ3) is 4.01. The number of carbonyl (C=O) groups excluding carboxylic acids is 1. The van der Waals surface area contributed by atoms with E-state index < -0.39 is 0 Å². The summed E-state index contributed by atoms with van der Waals surface area (Å²) in [7, 11) is 5.69. The summed E-state index contributed by atoms with van der Waals surface area (Å²) >= 11 is 0. The predicted molar refractivity (Wildman–Crippen MR) is 114 cm³/mol. The Morgan fingerprint density at radius 2 is 1.97 bits per heavy atom. The van der Waals surface area contributed by atoms with Crippen molar-refractivity contribution >= 4 is 16.9 Å². The summed E-state index contributed by atoms with van der Waals surface area (Å²) in [5.74, 6) is 0.824. The second kappa shape index (κ2) is 8.29. The number of furan rings is 1. The van der Waals surface area contributed by atoms with Gasteiger partial charge in [-0.1, -0.05) is 18.2 Å². The second-order valence-corrected chi connectivity index (χ2v) is 7.93. The number of hydrogen-bond acceptors (Lipinski definition) is 4. The largest absolute Gasteiger partial charge is 0.496 e. The Morgan fingerprint density at radius 1 is 1.21 bits per heavy atom. The van der Waals surface area contributed by atoms with Crippen molar-refractivity contribution in [3.63, 3.8) is 0 Å². The van der Waals surface area contributed by atoms with E-state index in [1.807, 2.05) is 38.4 Å². The van der Waals surface area contributed by atoms with Crippen LogP contribution in [0.4, 0.5) is 0 Å². The van der Waals surface area contributed by atoms with Crippen LogP contribution in [0.3, 0.4) is 0 Å². The Labute approximate surface area is 171 Å². The highest BCUT2D eigenvalue weighted by Gasteiger charge is 2.20. The van der Waals surface area contributed by atoms with Crippen molar-refractivity contribution in [3.05, 3.63) is 64.9 Å².